The van der Waals surface area contributed by atoms with Gasteiger partial charge in [0.15, 0.2) is 0 Å². The number of nitrogens with one attached hydrogen (secondary N) is 4. The Balaban J connectivity index is 1.63. The first kappa shape index (κ1) is 18.3. The van der Waals surface area contributed by atoms with E-state index in [9.17, 15) is 13.2 Å². The summed E-state index contributed by atoms with van der Waals surface area (Å²) in [7, 11) is -3.67. The molecular formula is C16H22N6O3S. The van der Waals surface area contributed by atoms with Crippen molar-refractivity contribution in [3.63, 3.8) is 0 Å². The van der Waals surface area contributed by atoms with Crippen LogP contribution in [0.5, 0.6) is 0 Å². The minimum Gasteiger partial charge on any atom is -0.305 e. The summed E-state index contributed by atoms with van der Waals surface area (Å²) in [6, 6.07) is 2.36. The lowest BCUT2D eigenvalue weighted by molar-refractivity contribution is 0.262. The molecule has 10 heteroatoms. The van der Waals surface area contributed by atoms with Crippen LogP contribution in [0.4, 0.5) is 16.3 Å². The van der Waals surface area contributed by atoms with Gasteiger partial charge in [-0.25, -0.2) is 22.9 Å². The minimum atomic E-state index is -3.67. The summed E-state index contributed by atoms with van der Waals surface area (Å²) >= 11 is 0. The molecule has 0 atom stereocenters. The lowest BCUT2D eigenvalue weighted by atomic mass is 10.1. The highest BCUT2D eigenvalue weighted by molar-refractivity contribution is 7.89. The maximum absolute atomic E-state index is 12.2. The predicted molar refractivity (Wildman–Crippen MR) is 97.5 cm³/mol. The van der Waals surface area contributed by atoms with Crippen molar-refractivity contribution in [2.24, 2.45) is 0 Å². The molecule has 2 aromatic heterocycles. The van der Waals surface area contributed by atoms with Crippen molar-refractivity contribution >= 4 is 27.6 Å². The highest BCUT2D eigenvalue weighted by atomic mass is 32.2. The summed E-state index contributed by atoms with van der Waals surface area (Å²) in [4.78, 5) is 16.1. The standard InChI is InChI=1S/C16H22N6O3S/c1-16(2,3)22-26(24,25)11-6-7-13(17-8-11)20-15(23)19-12-9-18-21-14(12)10-4-5-10/h6-10,22H,4-5H2,1-3H3,(H,18,21)(H2,17,19,20,23). The van der Waals surface area contributed by atoms with Crippen LogP contribution in [0.25, 0.3) is 0 Å². The Morgan fingerprint density at radius 1 is 1.19 bits per heavy atom. The molecule has 1 saturated carbocycles. The zero-order valence-corrected chi connectivity index (χ0v) is 15.6. The van der Waals surface area contributed by atoms with Crippen LogP contribution in [0.2, 0.25) is 0 Å². The van der Waals surface area contributed by atoms with E-state index in [0.29, 0.717) is 11.6 Å². The number of H-pyrrole nitrogens is 1. The molecule has 26 heavy (non-hydrogen) atoms. The van der Waals surface area contributed by atoms with E-state index in [4.69, 9.17) is 0 Å². The average Bonchev–Trinajstić information content (AvgIpc) is 3.25. The average molecular weight is 378 g/mol. The highest BCUT2D eigenvalue weighted by Crippen LogP contribution is 2.42. The van der Waals surface area contributed by atoms with Gasteiger partial charge in [0.25, 0.3) is 0 Å². The first-order chi connectivity index (χ1) is 12.1. The van der Waals surface area contributed by atoms with Crippen LogP contribution in [-0.4, -0.2) is 35.2 Å². The zero-order valence-electron chi connectivity index (χ0n) is 14.8. The number of aromatic nitrogens is 3. The van der Waals surface area contributed by atoms with Crippen molar-refractivity contribution in [1.29, 1.82) is 0 Å². The SMILES string of the molecule is CC(C)(C)NS(=O)(=O)c1ccc(NC(=O)Nc2cn[nH]c2C2CC2)nc1. The van der Waals surface area contributed by atoms with Gasteiger partial charge in [0.2, 0.25) is 10.0 Å². The second kappa shape index (κ2) is 6.69. The lowest BCUT2D eigenvalue weighted by Crippen LogP contribution is -2.40. The molecule has 1 fully saturated rings. The first-order valence-corrected chi connectivity index (χ1v) is 9.74. The number of hydrogen-bond acceptors (Lipinski definition) is 5. The van der Waals surface area contributed by atoms with Gasteiger partial charge in [0, 0.05) is 17.7 Å². The van der Waals surface area contributed by atoms with Crippen LogP contribution < -0.4 is 15.4 Å². The monoisotopic (exact) mass is 378 g/mol. The fraction of sp³-hybridized carbons (Fsp3) is 0.438. The Morgan fingerprint density at radius 3 is 2.50 bits per heavy atom. The van der Waals surface area contributed by atoms with Crippen LogP contribution in [0.15, 0.2) is 29.4 Å². The summed E-state index contributed by atoms with van der Waals surface area (Å²) in [6.45, 7) is 5.26. The molecule has 0 aliphatic heterocycles. The molecule has 0 saturated heterocycles. The van der Waals surface area contributed by atoms with Gasteiger partial charge in [-0.3, -0.25) is 10.4 Å². The lowest BCUT2D eigenvalue weighted by Gasteiger charge is -2.20. The number of aromatic amines is 1. The van der Waals surface area contributed by atoms with E-state index >= 15 is 0 Å². The van der Waals surface area contributed by atoms with Gasteiger partial charge in [-0.1, -0.05) is 0 Å². The Labute approximate surface area is 152 Å². The predicted octanol–water partition coefficient (Wildman–Crippen LogP) is 2.40. The van der Waals surface area contributed by atoms with Crippen molar-refractivity contribution in [2.75, 3.05) is 10.6 Å². The van der Waals surface area contributed by atoms with E-state index < -0.39 is 21.6 Å². The number of urea groups is 1. The van der Waals surface area contributed by atoms with Crippen molar-refractivity contribution in [3.05, 3.63) is 30.2 Å². The molecule has 4 N–H and O–H groups in total. The second-order valence-corrected chi connectivity index (χ2v) is 8.97. The third kappa shape index (κ3) is 4.58. The Morgan fingerprint density at radius 2 is 1.92 bits per heavy atom. The molecule has 140 valence electrons. The number of hydrogen-bond donors (Lipinski definition) is 4. The third-order valence-electron chi connectivity index (χ3n) is 3.63. The molecule has 3 rings (SSSR count). The van der Waals surface area contributed by atoms with E-state index in [1.165, 1.54) is 18.3 Å². The third-order valence-corrected chi connectivity index (χ3v) is 5.37. The number of rotatable bonds is 5. The maximum atomic E-state index is 12.2. The van der Waals surface area contributed by atoms with Crippen LogP contribution in [-0.2, 0) is 10.0 Å². The van der Waals surface area contributed by atoms with Crippen LogP contribution in [0.3, 0.4) is 0 Å². The highest BCUT2D eigenvalue weighted by Gasteiger charge is 2.28. The number of carbonyl (C=O) groups is 1. The van der Waals surface area contributed by atoms with E-state index in [2.05, 4.69) is 30.5 Å². The number of anilines is 2. The molecule has 0 bridgehead atoms. The minimum absolute atomic E-state index is 0.0317. The number of nitrogens with zero attached hydrogens (tertiary/aromatic N) is 2. The Hall–Kier alpha value is -2.46. The fourth-order valence-electron chi connectivity index (χ4n) is 2.42. The molecule has 2 aromatic rings. The quantitative estimate of drug-likeness (QED) is 0.635. The molecule has 1 aliphatic rings. The van der Waals surface area contributed by atoms with Gasteiger partial charge < -0.3 is 5.32 Å². The molecule has 2 amide bonds. The number of carbonyl (C=O) groups excluding carboxylic acids is 1. The largest absolute Gasteiger partial charge is 0.324 e. The molecule has 0 aromatic carbocycles. The van der Waals surface area contributed by atoms with Gasteiger partial charge in [0.05, 0.1) is 17.6 Å². The summed E-state index contributed by atoms with van der Waals surface area (Å²) in [5, 5.41) is 12.1. The van der Waals surface area contributed by atoms with Gasteiger partial charge in [-0.15, -0.1) is 0 Å². The van der Waals surface area contributed by atoms with Gasteiger partial charge in [-0.2, -0.15) is 5.10 Å². The molecule has 0 spiro atoms. The molecule has 0 unspecified atom stereocenters. The molecular weight excluding hydrogens is 356 g/mol. The van der Waals surface area contributed by atoms with Crippen molar-refractivity contribution in [1.82, 2.24) is 19.9 Å². The Bertz CT molecular complexity index is 895. The topological polar surface area (TPSA) is 129 Å². The van der Waals surface area contributed by atoms with Crippen molar-refractivity contribution < 1.29 is 13.2 Å². The van der Waals surface area contributed by atoms with Crippen molar-refractivity contribution in [3.8, 4) is 0 Å². The number of amides is 2. The summed E-state index contributed by atoms with van der Waals surface area (Å²) < 4.78 is 27.0. The first-order valence-electron chi connectivity index (χ1n) is 8.25. The number of sulfonamides is 1. The van der Waals surface area contributed by atoms with E-state index in [1.807, 2.05) is 0 Å². The van der Waals surface area contributed by atoms with Crippen molar-refractivity contribution in [2.45, 2.75) is 50.0 Å². The van der Waals surface area contributed by atoms with E-state index in [1.54, 1.807) is 27.0 Å². The molecule has 0 radical (unpaired) electrons. The normalized spacial score (nSPS) is 14.9. The smallest absolute Gasteiger partial charge is 0.305 e. The molecule has 2 heterocycles. The van der Waals surface area contributed by atoms with Gasteiger partial charge >= 0.3 is 6.03 Å². The molecule has 9 nitrogen and oxygen atoms in total. The summed E-state index contributed by atoms with van der Waals surface area (Å²) in [6.07, 6.45) is 4.93. The zero-order chi connectivity index (χ0) is 18.9. The summed E-state index contributed by atoms with van der Waals surface area (Å²) in [5.74, 6) is 0.666. The second-order valence-electron chi connectivity index (χ2n) is 7.29. The Kier molecular flexibility index (Phi) is 4.72. The maximum Gasteiger partial charge on any atom is 0.324 e. The fourth-order valence-corrected chi connectivity index (χ4v) is 3.79. The van der Waals surface area contributed by atoms with Crippen LogP contribution in [0, 0.1) is 0 Å². The number of pyridine rings is 1. The summed E-state index contributed by atoms with van der Waals surface area (Å²) in [5.41, 5.74) is 0.959. The van der Waals surface area contributed by atoms with E-state index in [0.717, 1.165) is 18.5 Å². The molecule has 1 aliphatic carbocycles. The van der Waals surface area contributed by atoms with Crippen LogP contribution in [0.1, 0.15) is 45.2 Å². The van der Waals surface area contributed by atoms with Gasteiger partial charge in [0.1, 0.15) is 10.7 Å². The van der Waals surface area contributed by atoms with Crippen LogP contribution >= 0.6 is 0 Å². The van der Waals surface area contributed by atoms with E-state index in [-0.39, 0.29) is 10.7 Å². The van der Waals surface area contributed by atoms with Gasteiger partial charge in [-0.05, 0) is 45.7 Å².